The van der Waals surface area contributed by atoms with Crippen LogP contribution in [0.3, 0.4) is 0 Å². The number of nitrogens with zero attached hydrogens (tertiary/aromatic N) is 1. The minimum Gasteiger partial charge on any atom is -0.497 e. The van der Waals surface area contributed by atoms with Crippen molar-refractivity contribution >= 4 is 5.69 Å². The van der Waals surface area contributed by atoms with E-state index in [0.717, 1.165) is 22.7 Å². The molecule has 3 nitrogen and oxygen atoms in total. The average molecular weight is 214 g/mol. The molecule has 0 spiro atoms. The van der Waals surface area contributed by atoms with Gasteiger partial charge in [0.25, 0.3) is 0 Å². The third-order valence-electron chi connectivity index (χ3n) is 2.44. The highest BCUT2D eigenvalue weighted by molar-refractivity contribution is 5.74. The Morgan fingerprint density at radius 1 is 1.12 bits per heavy atom. The summed E-state index contributed by atoms with van der Waals surface area (Å²) in [7, 11) is 3.55. The van der Waals surface area contributed by atoms with Gasteiger partial charge in [0.1, 0.15) is 5.75 Å². The molecule has 16 heavy (non-hydrogen) atoms. The Hall–Kier alpha value is -2.03. The van der Waals surface area contributed by atoms with Crippen LogP contribution in [0.1, 0.15) is 0 Å². The quantitative estimate of drug-likeness (QED) is 0.853. The maximum Gasteiger partial charge on any atom is 0.118 e. The first-order valence-corrected chi connectivity index (χ1v) is 5.12. The average Bonchev–Trinajstić information content (AvgIpc) is 2.39. The van der Waals surface area contributed by atoms with Gasteiger partial charge < -0.3 is 10.1 Å². The Balaban J connectivity index is 2.42. The van der Waals surface area contributed by atoms with E-state index in [1.54, 1.807) is 13.3 Å². The monoisotopic (exact) mass is 214 g/mol. The highest BCUT2D eigenvalue weighted by Gasteiger charge is 2.04. The van der Waals surface area contributed by atoms with Crippen molar-refractivity contribution in [2.24, 2.45) is 0 Å². The van der Waals surface area contributed by atoms with Gasteiger partial charge in [-0.1, -0.05) is 0 Å². The van der Waals surface area contributed by atoms with Crippen LogP contribution in [-0.2, 0) is 0 Å². The van der Waals surface area contributed by atoms with E-state index in [2.05, 4.69) is 10.3 Å². The lowest BCUT2D eigenvalue weighted by Crippen LogP contribution is -1.94. The van der Waals surface area contributed by atoms with Crippen molar-refractivity contribution in [2.75, 3.05) is 19.5 Å². The number of ether oxygens (including phenoxy) is 1. The molecule has 1 heterocycles. The van der Waals surface area contributed by atoms with E-state index in [1.807, 2.05) is 43.4 Å². The van der Waals surface area contributed by atoms with Crippen LogP contribution in [-0.4, -0.2) is 19.1 Å². The van der Waals surface area contributed by atoms with Gasteiger partial charge in [0.05, 0.1) is 18.5 Å². The molecule has 0 fully saturated rings. The molecule has 2 aromatic rings. The summed E-state index contributed by atoms with van der Waals surface area (Å²) in [6.07, 6.45) is 1.79. The predicted molar refractivity (Wildman–Crippen MR) is 65.8 cm³/mol. The zero-order chi connectivity index (χ0) is 11.4. The summed E-state index contributed by atoms with van der Waals surface area (Å²) in [5, 5.41) is 3.13. The van der Waals surface area contributed by atoms with Crippen molar-refractivity contribution < 1.29 is 4.74 Å². The van der Waals surface area contributed by atoms with E-state index in [4.69, 9.17) is 4.74 Å². The van der Waals surface area contributed by atoms with Gasteiger partial charge in [-0.25, -0.2) is 0 Å². The van der Waals surface area contributed by atoms with Crippen molar-refractivity contribution in [3.8, 4) is 17.0 Å². The molecule has 2 rings (SSSR count). The molecular weight excluding hydrogens is 200 g/mol. The van der Waals surface area contributed by atoms with Crippen LogP contribution in [0, 0.1) is 0 Å². The first kappa shape index (κ1) is 10.5. The molecule has 1 aromatic heterocycles. The summed E-state index contributed by atoms with van der Waals surface area (Å²) in [4.78, 5) is 4.37. The molecule has 0 amide bonds. The number of pyridine rings is 1. The van der Waals surface area contributed by atoms with Crippen molar-refractivity contribution in [1.29, 1.82) is 0 Å². The van der Waals surface area contributed by atoms with Crippen molar-refractivity contribution in [1.82, 2.24) is 4.98 Å². The number of methoxy groups -OCH3 is 1. The van der Waals surface area contributed by atoms with Crippen LogP contribution in [0.2, 0.25) is 0 Å². The van der Waals surface area contributed by atoms with Crippen molar-refractivity contribution in [3.63, 3.8) is 0 Å². The van der Waals surface area contributed by atoms with Gasteiger partial charge >= 0.3 is 0 Å². The second-order valence-corrected chi connectivity index (χ2v) is 3.38. The summed E-state index contributed by atoms with van der Waals surface area (Å²) >= 11 is 0. The van der Waals surface area contributed by atoms with Crippen molar-refractivity contribution in [2.45, 2.75) is 0 Å². The molecule has 1 aromatic carbocycles. The number of hydrogen-bond acceptors (Lipinski definition) is 3. The first-order chi connectivity index (χ1) is 7.85. The molecule has 82 valence electrons. The van der Waals surface area contributed by atoms with Gasteiger partial charge in [-0.05, 0) is 36.4 Å². The van der Waals surface area contributed by atoms with Gasteiger partial charge in [0, 0.05) is 18.8 Å². The van der Waals surface area contributed by atoms with Crippen LogP contribution in [0.5, 0.6) is 5.75 Å². The predicted octanol–water partition coefficient (Wildman–Crippen LogP) is 2.80. The summed E-state index contributed by atoms with van der Waals surface area (Å²) in [5.41, 5.74) is 3.05. The summed E-state index contributed by atoms with van der Waals surface area (Å²) in [5.74, 6) is 0.852. The molecule has 3 heteroatoms. The van der Waals surface area contributed by atoms with Gasteiger partial charge in [0.15, 0.2) is 0 Å². The van der Waals surface area contributed by atoms with E-state index < -0.39 is 0 Å². The number of benzene rings is 1. The van der Waals surface area contributed by atoms with Crippen LogP contribution in [0.4, 0.5) is 5.69 Å². The largest absolute Gasteiger partial charge is 0.497 e. The Kier molecular flexibility index (Phi) is 3.05. The molecular formula is C13H14N2O. The van der Waals surface area contributed by atoms with Crippen molar-refractivity contribution in [3.05, 3.63) is 42.6 Å². The molecule has 0 saturated heterocycles. The topological polar surface area (TPSA) is 34.2 Å². The SMILES string of the molecule is CNc1cccnc1-c1ccc(OC)cc1. The van der Waals surface area contributed by atoms with Crippen LogP contribution >= 0.6 is 0 Å². The maximum atomic E-state index is 5.13. The fourth-order valence-corrected chi connectivity index (χ4v) is 1.59. The van der Waals surface area contributed by atoms with Crippen LogP contribution in [0.15, 0.2) is 42.6 Å². The Bertz CT molecular complexity index is 466. The third-order valence-corrected chi connectivity index (χ3v) is 2.44. The Morgan fingerprint density at radius 3 is 2.50 bits per heavy atom. The van der Waals surface area contributed by atoms with E-state index in [-0.39, 0.29) is 0 Å². The molecule has 0 aliphatic carbocycles. The molecule has 0 aliphatic heterocycles. The van der Waals surface area contributed by atoms with Gasteiger partial charge in [-0.2, -0.15) is 0 Å². The Morgan fingerprint density at radius 2 is 1.88 bits per heavy atom. The molecule has 0 saturated carbocycles. The highest BCUT2D eigenvalue weighted by atomic mass is 16.5. The van der Waals surface area contributed by atoms with E-state index in [9.17, 15) is 0 Å². The number of aromatic nitrogens is 1. The zero-order valence-corrected chi connectivity index (χ0v) is 9.40. The van der Waals surface area contributed by atoms with Gasteiger partial charge in [-0.15, -0.1) is 0 Å². The summed E-state index contributed by atoms with van der Waals surface area (Å²) in [6.45, 7) is 0. The zero-order valence-electron chi connectivity index (χ0n) is 9.40. The lowest BCUT2D eigenvalue weighted by molar-refractivity contribution is 0.415. The third kappa shape index (κ3) is 1.98. The standard InChI is InChI=1S/C13H14N2O/c1-14-12-4-3-9-15-13(12)10-5-7-11(16-2)8-6-10/h3-9,14H,1-2H3. The molecule has 0 atom stereocenters. The first-order valence-electron chi connectivity index (χ1n) is 5.12. The highest BCUT2D eigenvalue weighted by Crippen LogP contribution is 2.26. The number of hydrogen-bond donors (Lipinski definition) is 1. The lowest BCUT2D eigenvalue weighted by Gasteiger charge is -2.08. The number of anilines is 1. The molecule has 0 radical (unpaired) electrons. The number of rotatable bonds is 3. The minimum absolute atomic E-state index is 0.852. The van der Waals surface area contributed by atoms with E-state index >= 15 is 0 Å². The van der Waals surface area contributed by atoms with Crippen LogP contribution < -0.4 is 10.1 Å². The van der Waals surface area contributed by atoms with Crippen LogP contribution in [0.25, 0.3) is 11.3 Å². The summed E-state index contributed by atoms with van der Waals surface area (Å²) < 4.78 is 5.13. The maximum absolute atomic E-state index is 5.13. The molecule has 0 aliphatic rings. The van der Waals surface area contributed by atoms with E-state index in [0.29, 0.717) is 0 Å². The fraction of sp³-hybridized carbons (Fsp3) is 0.154. The second kappa shape index (κ2) is 4.66. The minimum atomic E-state index is 0.852. The smallest absolute Gasteiger partial charge is 0.118 e. The second-order valence-electron chi connectivity index (χ2n) is 3.38. The lowest BCUT2D eigenvalue weighted by atomic mass is 10.1. The Labute approximate surface area is 95.1 Å². The normalized spacial score (nSPS) is 9.88. The fourth-order valence-electron chi connectivity index (χ4n) is 1.59. The summed E-state index contributed by atoms with van der Waals surface area (Å²) in [6, 6.07) is 11.8. The molecule has 1 N–H and O–H groups in total. The van der Waals surface area contributed by atoms with Gasteiger partial charge in [0.2, 0.25) is 0 Å². The van der Waals surface area contributed by atoms with Gasteiger partial charge in [-0.3, -0.25) is 4.98 Å². The number of nitrogens with one attached hydrogen (secondary N) is 1. The molecule has 0 unspecified atom stereocenters. The van der Waals surface area contributed by atoms with E-state index in [1.165, 1.54) is 0 Å². The molecule has 0 bridgehead atoms.